The number of aliphatic hydroxyl groups excluding tert-OH is 1. The van der Waals surface area contributed by atoms with Gasteiger partial charge in [0.05, 0.1) is 31.4 Å². The smallest absolute Gasteiger partial charge is 0.0855 e. The van der Waals surface area contributed by atoms with Crippen molar-refractivity contribution in [1.29, 1.82) is 0 Å². The van der Waals surface area contributed by atoms with Gasteiger partial charge in [0.25, 0.3) is 0 Å². The van der Waals surface area contributed by atoms with Gasteiger partial charge in [-0.15, -0.1) is 0 Å². The Morgan fingerprint density at radius 2 is 1.68 bits per heavy atom. The largest absolute Gasteiger partial charge is 0.390 e. The number of ether oxygens (including phenoxy) is 1. The van der Waals surface area contributed by atoms with Crippen molar-refractivity contribution in [3.05, 3.63) is 48.5 Å². The molecule has 0 bridgehead atoms. The number of hydrogen-bond acceptors (Lipinski definition) is 4. The van der Waals surface area contributed by atoms with Gasteiger partial charge in [0.2, 0.25) is 0 Å². The number of aromatic nitrogens is 1. The molecule has 1 unspecified atom stereocenters. The molecule has 1 aromatic heterocycles. The fourth-order valence-corrected chi connectivity index (χ4v) is 4.58. The first kappa shape index (κ1) is 16.9. The summed E-state index contributed by atoms with van der Waals surface area (Å²) in [5.74, 6) is 0. The molecule has 1 N–H and O–H groups in total. The number of fused-ring (bicyclic) bond motifs is 3. The Morgan fingerprint density at radius 3 is 2.16 bits per heavy atom. The standard InChI is InChI=1S/C20H24N2O2S/c1-20(13-24-14-20)22(25-2)12-15(23)11-21-18-9-5-3-7-16(18)17-8-4-6-10-19(17)21/h3-10,15,23H,11-14H2,1-2H3. The fourth-order valence-electron chi connectivity index (χ4n) is 3.72. The fraction of sp³-hybridized carbons (Fsp3) is 0.400. The van der Waals surface area contributed by atoms with Crippen molar-refractivity contribution < 1.29 is 9.84 Å². The van der Waals surface area contributed by atoms with Crippen molar-refractivity contribution >= 4 is 33.8 Å². The zero-order valence-electron chi connectivity index (χ0n) is 14.7. The predicted octanol–water partition coefficient (Wildman–Crippen LogP) is 3.52. The van der Waals surface area contributed by atoms with Crippen LogP contribution in [0.15, 0.2) is 48.5 Å². The second kappa shape index (κ2) is 6.65. The number of nitrogens with zero attached hydrogens (tertiary/aromatic N) is 2. The van der Waals surface area contributed by atoms with Gasteiger partial charge in [-0.3, -0.25) is 0 Å². The molecule has 0 spiro atoms. The van der Waals surface area contributed by atoms with Crippen molar-refractivity contribution in [2.45, 2.75) is 25.1 Å². The summed E-state index contributed by atoms with van der Waals surface area (Å²) in [5.41, 5.74) is 2.38. The summed E-state index contributed by atoms with van der Waals surface area (Å²) in [7, 11) is 0. The topological polar surface area (TPSA) is 37.6 Å². The van der Waals surface area contributed by atoms with Gasteiger partial charge in [0.1, 0.15) is 0 Å². The highest BCUT2D eigenvalue weighted by Gasteiger charge is 2.40. The molecule has 0 aliphatic carbocycles. The summed E-state index contributed by atoms with van der Waals surface area (Å²) in [6.07, 6.45) is 1.63. The van der Waals surface area contributed by atoms with Crippen molar-refractivity contribution in [2.75, 3.05) is 26.0 Å². The van der Waals surface area contributed by atoms with Gasteiger partial charge in [-0.2, -0.15) is 0 Å². The number of benzene rings is 2. The van der Waals surface area contributed by atoms with E-state index in [1.165, 1.54) is 21.8 Å². The number of aliphatic hydroxyl groups is 1. The highest BCUT2D eigenvalue weighted by molar-refractivity contribution is 7.96. The van der Waals surface area contributed by atoms with Crippen LogP contribution in [0, 0.1) is 0 Å². The summed E-state index contributed by atoms with van der Waals surface area (Å²) in [6, 6.07) is 16.8. The van der Waals surface area contributed by atoms with E-state index in [0.29, 0.717) is 13.1 Å². The minimum absolute atomic E-state index is 0.0290. The van der Waals surface area contributed by atoms with Crippen LogP contribution in [-0.4, -0.2) is 51.6 Å². The highest BCUT2D eigenvalue weighted by atomic mass is 32.2. The van der Waals surface area contributed by atoms with E-state index in [0.717, 1.165) is 13.2 Å². The average Bonchev–Trinajstić information content (AvgIpc) is 2.92. The van der Waals surface area contributed by atoms with E-state index >= 15 is 0 Å². The van der Waals surface area contributed by atoms with Gasteiger partial charge in [0.15, 0.2) is 0 Å². The Hall–Kier alpha value is -1.53. The summed E-state index contributed by atoms with van der Waals surface area (Å²) in [4.78, 5) is 0. The molecule has 2 heterocycles. The van der Waals surface area contributed by atoms with Gasteiger partial charge in [-0.05, 0) is 25.3 Å². The second-order valence-corrected chi connectivity index (χ2v) is 7.84. The predicted molar refractivity (Wildman–Crippen MR) is 105 cm³/mol. The van der Waals surface area contributed by atoms with Gasteiger partial charge in [-0.1, -0.05) is 48.3 Å². The van der Waals surface area contributed by atoms with E-state index in [9.17, 15) is 5.11 Å². The maximum atomic E-state index is 10.8. The van der Waals surface area contributed by atoms with E-state index in [2.05, 4.69) is 70.6 Å². The molecule has 0 radical (unpaired) electrons. The van der Waals surface area contributed by atoms with Crippen LogP contribution >= 0.6 is 11.9 Å². The third kappa shape index (κ3) is 2.95. The third-order valence-electron chi connectivity index (χ3n) is 5.10. The van der Waals surface area contributed by atoms with Gasteiger partial charge < -0.3 is 14.4 Å². The molecule has 4 nitrogen and oxygen atoms in total. The molecule has 5 heteroatoms. The Kier molecular flexibility index (Phi) is 4.50. The summed E-state index contributed by atoms with van der Waals surface area (Å²) in [6.45, 7) is 4.87. The van der Waals surface area contributed by atoms with Gasteiger partial charge >= 0.3 is 0 Å². The lowest BCUT2D eigenvalue weighted by atomic mass is 10.0. The zero-order chi connectivity index (χ0) is 17.4. The minimum Gasteiger partial charge on any atom is -0.390 e. The molecule has 3 aromatic rings. The Balaban J connectivity index is 1.63. The van der Waals surface area contributed by atoms with Crippen LogP contribution < -0.4 is 0 Å². The van der Waals surface area contributed by atoms with Crippen LogP contribution in [-0.2, 0) is 11.3 Å². The molecular weight excluding hydrogens is 332 g/mol. The summed E-state index contributed by atoms with van der Waals surface area (Å²) < 4.78 is 9.88. The molecule has 1 atom stereocenters. The summed E-state index contributed by atoms with van der Waals surface area (Å²) in [5, 5.41) is 13.3. The molecule has 1 fully saturated rings. The van der Waals surface area contributed by atoms with E-state index in [-0.39, 0.29) is 5.54 Å². The molecule has 25 heavy (non-hydrogen) atoms. The van der Waals surface area contributed by atoms with E-state index in [1.54, 1.807) is 11.9 Å². The van der Waals surface area contributed by atoms with Gasteiger partial charge in [-0.25, -0.2) is 4.31 Å². The lowest BCUT2D eigenvalue weighted by Gasteiger charge is -2.46. The average molecular weight is 356 g/mol. The lowest BCUT2D eigenvalue weighted by Crippen LogP contribution is -2.59. The van der Waals surface area contributed by atoms with Crippen LogP contribution in [0.3, 0.4) is 0 Å². The quantitative estimate of drug-likeness (QED) is 0.686. The highest BCUT2D eigenvalue weighted by Crippen LogP contribution is 2.31. The first-order valence-corrected chi connectivity index (χ1v) is 9.84. The molecule has 0 saturated carbocycles. The van der Waals surface area contributed by atoms with Crippen molar-refractivity contribution in [3.8, 4) is 0 Å². The van der Waals surface area contributed by atoms with Crippen molar-refractivity contribution in [3.63, 3.8) is 0 Å². The lowest BCUT2D eigenvalue weighted by molar-refractivity contribution is -0.104. The second-order valence-electron chi connectivity index (χ2n) is 7.03. The van der Waals surface area contributed by atoms with Crippen molar-refractivity contribution in [2.24, 2.45) is 0 Å². The molecule has 1 saturated heterocycles. The molecule has 4 rings (SSSR count). The third-order valence-corrected chi connectivity index (χ3v) is 6.13. The maximum Gasteiger partial charge on any atom is 0.0855 e. The number of rotatable bonds is 6. The monoisotopic (exact) mass is 356 g/mol. The first-order chi connectivity index (χ1) is 12.1. The van der Waals surface area contributed by atoms with Crippen LogP contribution in [0.4, 0.5) is 0 Å². The molecule has 2 aromatic carbocycles. The van der Waals surface area contributed by atoms with E-state index < -0.39 is 6.10 Å². The molecule has 0 amide bonds. The van der Waals surface area contributed by atoms with Crippen LogP contribution in [0.1, 0.15) is 6.92 Å². The molecule has 1 aliphatic rings. The Morgan fingerprint density at radius 1 is 1.12 bits per heavy atom. The Labute approximate surface area is 152 Å². The van der Waals surface area contributed by atoms with Gasteiger partial charge in [0, 0.05) is 28.4 Å². The zero-order valence-corrected chi connectivity index (χ0v) is 15.5. The van der Waals surface area contributed by atoms with E-state index in [4.69, 9.17) is 4.74 Å². The number of hydrogen-bond donors (Lipinski definition) is 1. The first-order valence-electron chi connectivity index (χ1n) is 8.66. The van der Waals surface area contributed by atoms with Crippen LogP contribution in [0.2, 0.25) is 0 Å². The maximum absolute atomic E-state index is 10.8. The van der Waals surface area contributed by atoms with Crippen LogP contribution in [0.5, 0.6) is 0 Å². The molecule has 132 valence electrons. The minimum atomic E-state index is -0.441. The number of β-amino-alcohol motifs (C(OH)–C–C–N with tert-alkyl or cyclic N) is 1. The summed E-state index contributed by atoms with van der Waals surface area (Å²) >= 11 is 1.68. The van der Waals surface area contributed by atoms with Crippen LogP contribution in [0.25, 0.3) is 21.8 Å². The Bertz CT molecular complexity index is 834. The normalized spacial score (nSPS) is 17.9. The SMILES string of the molecule is CSN(CC(O)Cn1c2ccccc2c2ccccc21)C1(C)COC1. The van der Waals surface area contributed by atoms with Crippen molar-refractivity contribution in [1.82, 2.24) is 8.87 Å². The molecular formula is C20H24N2O2S. The van der Waals surface area contributed by atoms with E-state index in [1.807, 2.05) is 0 Å². The molecule has 1 aliphatic heterocycles. The number of para-hydroxylation sites is 2.